The number of carboxylic acid groups (broad SMARTS) is 1. The number of aromatic nitrogens is 1. The first-order chi connectivity index (χ1) is 8.00. The van der Waals surface area contributed by atoms with Gasteiger partial charge in [-0.25, -0.2) is 9.78 Å². The van der Waals surface area contributed by atoms with Gasteiger partial charge in [0, 0.05) is 5.56 Å². The van der Waals surface area contributed by atoms with E-state index in [2.05, 4.69) is 4.98 Å². The van der Waals surface area contributed by atoms with Gasteiger partial charge in [0.2, 0.25) is 0 Å². The van der Waals surface area contributed by atoms with Crippen LogP contribution in [0.5, 0.6) is 0 Å². The third-order valence-electron chi connectivity index (χ3n) is 2.83. The summed E-state index contributed by atoms with van der Waals surface area (Å²) in [5, 5.41) is 9.80. The van der Waals surface area contributed by atoms with E-state index in [1.807, 2.05) is 32.0 Å². The molecule has 1 aromatic carbocycles. The van der Waals surface area contributed by atoms with E-state index in [-0.39, 0.29) is 0 Å². The number of thiazole rings is 1. The minimum atomic E-state index is -0.906. The van der Waals surface area contributed by atoms with Gasteiger partial charge < -0.3 is 5.11 Å². The lowest BCUT2D eigenvalue weighted by Gasteiger charge is -2.04. The van der Waals surface area contributed by atoms with Crippen LogP contribution in [0.25, 0.3) is 10.6 Å². The van der Waals surface area contributed by atoms with Crippen LogP contribution < -0.4 is 0 Å². The zero-order valence-corrected chi connectivity index (χ0v) is 10.8. The molecule has 3 nitrogen and oxygen atoms in total. The van der Waals surface area contributed by atoms with Crippen molar-refractivity contribution in [3.05, 3.63) is 39.9 Å². The SMILES string of the molecule is Cc1cccc(-c2nc(C)c(C(=O)O)s2)c1C. The Labute approximate surface area is 104 Å². The average molecular weight is 247 g/mol. The van der Waals surface area contributed by atoms with E-state index in [4.69, 9.17) is 5.11 Å². The predicted molar refractivity (Wildman–Crippen MR) is 68.7 cm³/mol. The Kier molecular flexibility index (Phi) is 2.98. The third kappa shape index (κ3) is 2.08. The lowest BCUT2D eigenvalue weighted by atomic mass is 10.0. The van der Waals surface area contributed by atoms with Gasteiger partial charge in [0.1, 0.15) is 9.88 Å². The average Bonchev–Trinajstić information content (AvgIpc) is 2.64. The first-order valence-electron chi connectivity index (χ1n) is 5.28. The summed E-state index contributed by atoms with van der Waals surface area (Å²) in [5.74, 6) is -0.906. The van der Waals surface area contributed by atoms with Crippen molar-refractivity contribution in [1.82, 2.24) is 4.98 Å². The van der Waals surface area contributed by atoms with Gasteiger partial charge in [-0.2, -0.15) is 0 Å². The van der Waals surface area contributed by atoms with Crippen LogP contribution in [0.15, 0.2) is 18.2 Å². The highest BCUT2D eigenvalue weighted by molar-refractivity contribution is 7.17. The molecule has 0 radical (unpaired) electrons. The number of benzene rings is 1. The number of nitrogens with zero attached hydrogens (tertiary/aromatic N) is 1. The van der Waals surface area contributed by atoms with E-state index in [1.165, 1.54) is 16.9 Å². The molecule has 17 heavy (non-hydrogen) atoms. The second-order valence-electron chi connectivity index (χ2n) is 3.99. The molecule has 0 aliphatic heterocycles. The molecule has 0 spiro atoms. The minimum absolute atomic E-state index is 0.320. The highest BCUT2D eigenvalue weighted by atomic mass is 32.1. The molecule has 1 aromatic heterocycles. The largest absolute Gasteiger partial charge is 0.477 e. The second kappa shape index (κ2) is 4.30. The van der Waals surface area contributed by atoms with Crippen molar-refractivity contribution in [2.75, 3.05) is 0 Å². The summed E-state index contributed by atoms with van der Waals surface area (Å²) in [4.78, 5) is 15.7. The molecule has 0 unspecified atom stereocenters. The van der Waals surface area contributed by atoms with Crippen molar-refractivity contribution in [1.29, 1.82) is 0 Å². The molecule has 0 saturated heterocycles. The number of hydrogen-bond donors (Lipinski definition) is 1. The maximum Gasteiger partial charge on any atom is 0.347 e. The van der Waals surface area contributed by atoms with Crippen LogP contribution in [0.1, 0.15) is 26.5 Å². The molecular weight excluding hydrogens is 234 g/mol. The highest BCUT2D eigenvalue weighted by Crippen LogP contribution is 2.31. The van der Waals surface area contributed by atoms with Crippen LogP contribution in [0.3, 0.4) is 0 Å². The Morgan fingerprint density at radius 1 is 1.29 bits per heavy atom. The topological polar surface area (TPSA) is 50.2 Å². The van der Waals surface area contributed by atoms with Crippen molar-refractivity contribution < 1.29 is 9.90 Å². The molecule has 0 amide bonds. The molecule has 1 heterocycles. The number of hydrogen-bond acceptors (Lipinski definition) is 3. The summed E-state index contributed by atoms with van der Waals surface area (Å²) in [7, 11) is 0. The van der Waals surface area contributed by atoms with E-state index >= 15 is 0 Å². The Morgan fingerprint density at radius 3 is 2.59 bits per heavy atom. The molecule has 0 bridgehead atoms. The maximum atomic E-state index is 11.0. The monoisotopic (exact) mass is 247 g/mol. The number of aromatic carboxylic acids is 1. The van der Waals surface area contributed by atoms with Crippen LogP contribution in [-0.4, -0.2) is 16.1 Å². The summed E-state index contributed by atoms with van der Waals surface area (Å²) in [5.41, 5.74) is 3.94. The molecular formula is C13H13NO2S. The van der Waals surface area contributed by atoms with E-state index in [0.29, 0.717) is 10.6 Å². The Bertz CT molecular complexity index is 587. The quantitative estimate of drug-likeness (QED) is 0.884. The van der Waals surface area contributed by atoms with Gasteiger partial charge in [0.15, 0.2) is 0 Å². The van der Waals surface area contributed by atoms with Gasteiger partial charge in [-0.05, 0) is 31.9 Å². The fourth-order valence-electron chi connectivity index (χ4n) is 1.69. The van der Waals surface area contributed by atoms with Gasteiger partial charge in [0.05, 0.1) is 5.69 Å². The second-order valence-corrected chi connectivity index (χ2v) is 4.99. The van der Waals surface area contributed by atoms with Gasteiger partial charge in [-0.3, -0.25) is 0 Å². The lowest BCUT2D eigenvalue weighted by molar-refractivity contribution is 0.0701. The maximum absolute atomic E-state index is 11.0. The molecule has 4 heteroatoms. The standard InChI is InChI=1S/C13H13NO2S/c1-7-5-4-6-10(8(7)2)12-14-9(3)11(17-12)13(15)16/h4-6H,1-3H3,(H,15,16). The minimum Gasteiger partial charge on any atom is -0.477 e. The highest BCUT2D eigenvalue weighted by Gasteiger charge is 2.16. The first kappa shape index (κ1) is 11.8. The summed E-state index contributed by atoms with van der Waals surface area (Å²) in [6.45, 7) is 5.80. The fourth-order valence-corrected chi connectivity index (χ4v) is 2.68. The van der Waals surface area contributed by atoms with Crippen molar-refractivity contribution in [3.8, 4) is 10.6 Å². The molecule has 0 aliphatic carbocycles. The Hall–Kier alpha value is -1.68. The van der Waals surface area contributed by atoms with Crippen LogP contribution >= 0.6 is 11.3 Å². The van der Waals surface area contributed by atoms with Gasteiger partial charge in [-0.1, -0.05) is 18.2 Å². The number of carbonyl (C=O) groups is 1. The molecule has 2 rings (SSSR count). The number of carboxylic acids is 1. The van der Waals surface area contributed by atoms with Crippen LogP contribution in [0.4, 0.5) is 0 Å². The molecule has 0 fully saturated rings. The van der Waals surface area contributed by atoms with Crippen LogP contribution in [0.2, 0.25) is 0 Å². The normalized spacial score (nSPS) is 10.5. The van der Waals surface area contributed by atoms with Gasteiger partial charge in [-0.15, -0.1) is 11.3 Å². The zero-order valence-electron chi connectivity index (χ0n) is 9.94. The van der Waals surface area contributed by atoms with Crippen molar-refractivity contribution in [2.24, 2.45) is 0 Å². The van der Waals surface area contributed by atoms with E-state index in [1.54, 1.807) is 6.92 Å². The Morgan fingerprint density at radius 2 is 2.00 bits per heavy atom. The fraction of sp³-hybridized carbons (Fsp3) is 0.231. The summed E-state index contributed by atoms with van der Waals surface area (Å²) in [6, 6.07) is 5.98. The van der Waals surface area contributed by atoms with Crippen LogP contribution in [0, 0.1) is 20.8 Å². The van der Waals surface area contributed by atoms with E-state index in [9.17, 15) is 4.79 Å². The van der Waals surface area contributed by atoms with Gasteiger partial charge >= 0.3 is 5.97 Å². The van der Waals surface area contributed by atoms with Gasteiger partial charge in [0.25, 0.3) is 0 Å². The third-order valence-corrected chi connectivity index (χ3v) is 4.00. The van der Waals surface area contributed by atoms with Crippen molar-refractivity contribution in [3.63, 3.8) is 0 Å². The Balaban J connectivity index is 2.58. The van der Waals surface area contributed by atoms with E-state index < -0.39 is 5.97 Å². The zero-order chi connectivity index (χ0) is 12.6. The van der Waals surface area contributed by atoms with Crippen LogP contribution in [-0.2, 0) is 0 Å². The van der Waals surface area contributed by atoms with Crippen molar-refractivity contribution in [2.45, 2.75) is 20.8 Å². The number of rotatable bonds is 2. The summed E-state index contributed by atoms with van der Waals surface area (Å²) < 4.78 is 0. The summed E-state index contributed by atoms with van der Waals surface area (Å²) in [6.07, 6.45) is 0. The number of aryl methyl sites for hydroxylation is 2. The molecule has 0 aliphatic rings. The smallest absolute Gasteiger partial charge is 0.347 e. The molecule has 1 N–H and O–H groups in total. The predicted octanol–water partition coefficient (Wildman–Crippen LogP) is 3.43. The lowest BCUT2D eigenvalue weighted by Crippen LogP contribution is -1.94. The molecule has 0 saturated carbocycles. The molecule has 2 aromatic rings. The first-order valence-corrected chi connectivity index (χ1v) is 6.09. The molecule has 0 atom stereocenters. The van der Waals surface area contributed by atoms with Crippen molar-refractivity contribution >= 4 is 17.3 Å². The van der Waals surface area contributed by atoms with E-state index in [0.717, 1.165) is 16.1 Å². The summed E-state index contributed by atoms with van der Waals surface area (Å²) >= 11 is 1.23. The molecule has 88 valence electrons.